The van der Waals surface area contributed by atoms with Gasteiger partial charge in [0.2, 0.25) is 0 Å². The average molecular weight is 307 g/mol. The molecule has 112 valence electrons. The highest BCUT2D eigenvalue weighted by Crippen LogP contribution is 2.36. The molecule has 0 bridgehead atoms. The lowest BCUT2D eigenvalue weighted by atomic mass is 10.0. The van der Waals surface area contributed by atoms with E-state index in [1.54, 1.807) is 0 Å². The van der Waals surface area contributed by atoms with Crippen LogP contribution in [0.15, 0.2) is 18.2 Å². The summed E-state index contributed by atoms with van der Waals surface area (Å²) in [5, 5.41) is 3.71. The van der Waals surface area contributed by atoms with E-state index in [-0.39, 0.29) is 0 Å². The van der Waals surface area contributed by atoms with E-state index in [0.29, 0.717) is 23.3 Å². The lowest BCUT2D eigenvalue weighted by Gasteiger charge is -2.35. The van der Waals surface area contributed by atoms with E-state index in [1.165, 1.54) is 6.07 Å². The third kappa shape index (κ3) is 3.58. The largest absolute Gasteiger partial charge is 0.416 e. The van der Waals surface area contributed by atoms with Gasteiger partial charge in [-0.2, -0.15) is 13.2 Å². The van der Waals surface area contributed by atoms with Gasteiger partial charge in [-0.25, -0.2) is 0 Å². The number of anilines is 1. The van der Waals surface area contributed by atoms with Gasteiger partial charge in [0.25, 0.3) is 0 Å². The van der Waals surface area contributed by atoms with Crippen LogP contribution in [0.5, 0.6) is 0 Å². The Morgan fingerprint density at radius 2 is 2.15 bits per heavy atom. The van der Waals surface area contributed by atoms with Crippen molar-refractivity contribution >= 4 is 17.3 Å². The maximum absolute atomic E-state index is 12.8. The van der Waals surface area contributed by atoms with Gasteiger partial charge in [0.05, 0.1) is 16.3 Å². The van der Waals surface area contributed by atoms with Crippen molar-refractivity contribution in [2.75, 3.05) is 24.5 Å². The van der Waals surface area contributed by atoms with Crippen LogP contribution in [-0.4, -0.2) is 25.7 Å². The van der Waals surface area contributed by atoms with Gasteiger partial charge in [0.1, 0.15) is 0 Å². The number of alkyl halides is 3. The second-order valence-electron chi connectivity index (χ2n) is 5.01. The first-order valence-electron chi connectivity index (χ1n) is 6.77. The molecule has 1 aliphatic rings. The van der Waals surface area contributed by atoms with Crippen LogP contribution < -0.4 is 10.2 Å². The maximum atomic E-state index is 12.8. The molecule has 1 heterocycles. The van der Waals surface area contributed by atoms with Crippen LogP contribution in [0.25, 0.3) is 0 Å². The van der Waals surface area contributed by atoms with Crippen molar-refractivity contribution < 1.29 is 13.2 Å². The Balaban J connectivity index is 2.22. The summed E-state index contributed by atoms with van der Waals surface area (Å²) in [7, 11) is 0. The summed E-state index contributed by atoms with van der Waals surface area (Å²) < 4.78 is 38.4. The molecule has 1 aromatic carbocycles. The molecule has 0 spiro atoms. The van der Waals surface area contributed by atoms with Crippen LogP contribution in [0.3, 0.4) is 0 Å². The van der Waals surface area contributed by atoms with Gasteiger partial charge >= 0.3 is 6.18 Å². The van der Waals surface area contributed by atoms with E-state index < -0.39 is 11.7 Å². The highest BCUT2D eigenvalue weighted by molar-refractivity contribution is 6.33. The molecule has 1 aromatic rings. The molecule has 1 saturated heterocycles. The quantitative estimate of drug-likeness (QED) is 0.910. The molecule has 2 nitrogen and oxygen atoms in total. The lowest BCUT2D eigenvalue weighted by molar-refractivity contribution is -0.137. The number of piperidine rings is 1. The van der Waals surface area contributed by atoms with Crippen LogP contribution >= 0.6 is 11.6 Å². The number of nitrogens with one attached hydrogen (secondary N) is 1. The van der Waals surface area contributed by atoms with Crippen LogP contribution in [0, 0.1) is 0 Å². The molecular weight excluding hydrogens is 289 g/mol. The summed E-state index contributed by atoms with van der Waals surface area (Å²) in [5.74, 6) is 0. The Morgan fingerprint density at radius 3 is 2.80 bits per heavy atom. The van der Waals surface area contributed by atoms with Crippen molar-refractivity contribution in [3.63, 3.8) is 0 Å². The number of benzene rings is 1. The second-order valence-corrected chi connectivity index (χ2v) is 5.41. The standard InChI is InChI=1S/C14H18ClF3N2/c1-2-19-11-4-3-7-20(9-11)13-8-10(14(16,17)18)5-6-12(13)15/h5-6,8,11,19H,2-4,7,9H2,1H3. The third-order valence-electron chi connectivity index (χ3n) is 3.53. The first-order chi connectivity index (χ1) is 9.41. The normalized spacial score (nSPS) is 20.2. The summed E-state index contributed by atoms with van der Waals surface area (Å²) >= 11 is 6.07. The maximum Gasteiger partial charge on any atom is 0.416 e. The molecular formula is C14H18ClF3N2. The summed E-state index contributed by atoms with van der Waals surface area (Å²) in [4.78, 5) is 1.94. The first-order valence-corrected chi connectivity index (χ1v) is 7.14. The molecule has 0 saturated carbocycles. The minimum atomic E-state index is -4.34. The predicted octanol–water partition coefficient (Wildman–Crippen LogP) is 3.94. The van der Waals surface area contributed by atoms with E-state index >= 15 is 0 Å². The Bertz CT molecular complexity index is 460. The van der Waals surface area contributed by atoms with Gasteiger partial charge in [0.15, 0.2) is 0 Å². The van der Waals surface area contributed by atoms with Gasteiger partial charge in [-0.1, -0.05) is 18.5 Å². The average Bonchev–Trinajstić information content (AvgIpc) is 2.38. The fourth-order valence-corrected chi connectivity index (χ4v) is 2.82. The zero-order chi connectivity index (χ0) is 14.8. The SMILES string of the molecule is CCNC1CCCN(c2cc(C(F)(F)F)ccc2Cl)C1. The lowest BCUT2D eigenvalue weighted by Crippen LogP contribution is -2.45. The van der Waals surface area contributed by atoms with Crippen LogP contribution in [0.1, 0.15) is 25.3 Å². The number of halogens is 4. The molecule has 0 amide bonds. The Morgan fingerprint density at radius 1 is 1.40 bits per heavy atom. The third-order valence-corrected chi connectivity index (χ3v) is 3.85. The summed E-state index contributed by atoms with van der Waals surface area (Å²) in [5.41, 5.74) is -0.174. The Labute approximate surface area is 121 Å². The van der Waals surface area contributed by atoms with Gasteiger partial charge in [-0.05, 0) is 37.6 Å². The van der Waals surface area contributed by atoms with Gasteiger partial charge in [0, 0.05) is 19.1 Å². The summed E-state index contributed by atoms with van der Waals surface area (Å²) in [6.45, 7) is 4.31. The molecule has 1 N–H and O–H groups in total. The van der Waals surface area contributed by atoms with Crippen LogP contribution in [0.4, 0.5) is 18.9 Å². The van der Waals surface area contributed by atoms with Crippen molar-refractivity contribution in [3.8, 4) is 0 Å². The van der Waals surface area contributed by atoms with E-state index in [2.05, 4.69) is 5.32 Å². The van der Waals surface area contributed by atoms with Crippen molar-refractivity contribution in [2.45, 2.75) is 32.0 Å². The fourth-order valence-electron chi connectivity index (χ4n) is 2.58. The van der Waals surface area contributed by atoms with Crippen molar-refractivity contribution in [1.82, 2.24) is 5.32 Å². The molecule has 1 aliphatic heterocycles. The minimum absolute atomic E-state index is 0.305. The van der Waals surface area contributed by atoms with Gasteiger partial charge < -0.3 is 10.2 Å². The molecule has 20 heavy (non-hydrogen) atoms. The number of nitrogens with zero attached hydrogens (tertiary/aromatic N) is 1. The minimum Gasteiger partial charge on any atom is -0.369 e. The monoisotopic (exact) mass is 306 g/mol. The molecule has 1 atom stereocenters. The highest BCUT2D eigenvalue weighted by atomic mass is 35.5. The van der Waals surface area contributed by atoms with Crippen LogP contribution in [-0.2, 0) is 6.18 Å². The number of rotatable bonds is 3. The Kier molecular flexibility index (Phi) is 4.81. The molecule has 0 aromatic heterocycles. The van der Waals surface area contributed by atoms with Crippen molar-refractivity contribution in [1.29, 1.82) is 0 Å². The summed E-state index contributed by atoms with van der Waals surface area (Å²) in [6, 6.07) is 3.81. The number of hydrogen-bond donors (Lipinski definition) is 1. The van der Waals surface area contributed by atoms with E-state index in [0.717, 1.165) is 38.1 Å². The Hall–Kier alpha value is -0.940. The van der Waals surface area contributed by atoms with Gasteiger partial charge in [-0.3, -0.25) is 0 Å². The predicted molar refractivity (Wildman–Crippen MR) is 75.4 cm³/mol. The fraction of sp³-hybridized carbons (Fsp3) is 0.571. The van der Waals surface area contributed by atoms with E-state index in [9.17, 15) is 13.2 Å². The highest BCUT2D eigenvalue weighted by Gasteiger charge is 2.32. The first kappa shape index (κ1) is 15.4. The zero-order valence-electron chi connectivity index (χ0n) is 11.3. The van der Waals surface area contributed by atoms with Gasteiger partial charge in [-0.15, -0.1) is 0 Å². The molecule has 0 aliphatic carbocycles. The van der Waals surface area contributed by atoms with Crippen molar-refractivity contribution in [3.05, 3.63) is 28.8 Å². The second kappa shape index (κ2) is 6.22. The molecule has 1 unspecified atom stereocenters. The topological polar surface area (TPSA) is 15.3 Å². The van der Waals surface area contributed by atoms with E-state index in [4.69, 9.17) is 11.6 Å². The zero-order valence-corrected chi connectivity index (χ0v) is 12.1. The molecule has 2 rings (SSSR count). The van der Waals surface area contributed by atoms with E-state index in [1.807, 2.05) is 11.8 Å². The number of likely N-dealkylation sites (N-methyl/N-ethyl adjacent to an activating group) is 1. The molecule has 1 fully saturated rings. The number of hydrogen-bond acceptors (Lipinski definition) is 2. The molecule has 6 heteroatoms. The summed E-state index contributed by atoms with van der Waals surface area (Å²) in [6.07, 6.45) is -2.35. The van der Waals surface area contributed by atoms with Crippen LogP contribution in [0.2, 0.25) is 5.02 Å². The smallest absolute Gasteiger partial charge is 0.369 e. The molecule has 0 radical (unpaired) electrons. The van der Waals surface area contributed by atoms with Crippen molar-refractivity contribution in [2.24, 2.45) is 0 Å².